The number of para-hydroxylation sites is 2. The lowest BCUT2D eigenvalue weighted by atomic mass is 10.1. The first-order chi connectivity index (χ1) is 11.6. The van der Waals surface area contributed by atoms with Gasteiger partial charge >= 0.3 is 0 Å². The highest BCUT2D eigenvalue weighted by molar-refractivity contribution is 7.80. The molecule has 0 atom stereocenters. The number of fused-ring (bicyclic) bond motifs is 1. The summed E-state index contributed by atoms with van der Waals surface area (Å²) in [6, 6.07) is 12.5. The van der Waals surface area contributed by atoms with Crippen LogP contribution in [-0.4, -0.2) is 17.8 Å². The van der Waals surface area contributed by atoms with Crippen molar-refractivity contribution >= 4 is 46.6 Å². The molecule has 1 amide bonds. The molecule has 0 aliphatic carbocycles. The standard InChI is InChI=1S/C17H11ClN2O3S/c18-11-5-1-2-6-13(11)20-16(21)12(19-17(20)24)8-10-4-3-7-14-15(10)23-9-22-14/h1-8H,9H2,(H,19,24). The van der Waals surface area contributed by atoms with E-state index in [0.29, 0.717) is 27.9 Å². The molecule has 2 heterocycles. The van der Waals surface area contributed by atoms with Crippen molar-refractivity contribution in [3.8, 4) is 11.5 Å². The monoisotopic (exact) mass is 358 g/mol. The van der Waals surface area contributed by atoms with Crippen LogP contribution in [0.3, 0.4) is 0 Å². The van der Waals surface area contributed by atoms with E-state index in [-0.39, 0.29) is 17.8 Å². The fourth-order valence-corrected chi connectivity index (χ4v) is 3.12. The quantitative estimate of drug-likeness (QED) is 0.659. The number of ether oxygens (including phenoxy) is 2. The van der Waals surface area contributed by atoms with E-state index in [2.05, 4.69) is 5.32 Å². The fraction of sp³-hybridized carbons (Fsp3) is 0.0588. The maximum atomic E-state index is 12.8. The third-order valence-electron chi connectivity index (χ3n) is 3.70. The van der Waals surface area contributed by atoms with Gasteiger partial charge < -0.3 is 14.8 Å². The second-order valence-electron chi connectivity index (χ2n) is 5.16. The number of rotatable bonds is 2. The van der Waals surface area contributed by atoms with Crippen molar-refractivity contribution in [3.05, 3.63) is 58.7 Å². The molecule has 0 aromatic heterocycles. The van der Waals surface area contributed by atoms with Gasteiger partial charge in [0.2, 0.25) is 6.79 Å². The Kier molecular flexibility index (Phi) is 3.63. The number of hydrogen-bond donors (Lipinski definition) is 1. The van der Waals surface area contributed by atoms with Crippen LogP contribution >= 0.6 is 23.8 Å². The molecule has 120 valence electrons. The van der Waals surface area contributed by atoms with Crippen LogP contribution in [0.1, 0.15) is 5.56 Å². The highest BCUT2D eigenvalue weighted by Crippen LogP contribution is 2.37. The summed E-state index contributed by atoms with van der Waals surface area (Å²) < 4.78 is 10.8. The van der Waals surface area contributed by atoms with Crippen LogP contribution in [0.4, 0.5) is 5.69 Å². The lowest BCUT2D eigenvalue weighted by Gasteiger charge is -2.15. The molecule has 2 aliphatic heterocycles. The van der Waals surface area contributed by atoms with Gasteiger partial charge in [-0.1, -0.05) is 35.9 Å². The maximum absolute atomic E-state index is 12.8. The zero-order valence-electron chi connectivity index (χ0n) is 12.3. The van der Waals surface area contributed by atoms with Gasteiger partial charge in [-0.2, -0.15) is 0 Å². The average molecular weight is 359 g/mol. The topological polar surface area (TPSA) is 50.8 Å². The van der Waals surface area contributed by atoms with E-state index in [9.17, 15) is 4.79 Å². The number of carbonyl (C=O) groups is 1. The van der Waals surface area contributed by atoms with Crippen molar-refractivity contribution in [3.63, 3.8) is 0 Å². The number of anilines is 1. The zero-order valence-corrected chi connectivity index (χ0v) is 13.9. The Morgan fingerprint density at radius 1 is 1.17 bits per heavy atom. The van der Waals surface area contributed by atoms with Crippen molar-refractivity contribution < 1.29 is 14.3 Å². The van der Waals surface area contributed by atoms with Gasteiger partial charge in [-0.05, 0) is 36.5 Å². The van der Waals surface area contributed by atoms with Crippen molar-refractivity contribution in [1.29, 1.82) is 0 Å². The van der Waals surface area contributed by atoms with Crippen LogP contribution in [-0.2, 0) is 4.79 Å². The van der Waals surface area contributed by atoms with E-state index < -0.39 is 0 Å². The van der Waals surface area contributed by atoms with E-state index in [1.54, 1.807) is 30.3 Å². The van der Waals surface area contributed by atoms with Gasteiger partial charge in [0.25, 0.3) is 5.91 Å². The first kappa shape index (κ1) is 15.0. The van der Waals surface area contributed by atoms with Gasteiger partial charge in [0.05, 0.1) is 10.7 Å². The van der Waals surface area contributed by atoms with E-state index in [0.717, 1.165) is 5.56 Å². The van der Waals surface area contributed by atoms with Gasteiger partial charge in [-0.15, -0.1) is 0 Å². The summed E-state index contributed by atoms with van der Waals surface area (Å²) in [6.07, 6.45) is 1.69. The minimum Gasteiger partial charge on any atom is -0.454 e. The van der Waals surface area contributed by atoms with Crippen molar-refractivity contribution in [2.45, 2.75) is 0 Å². The van der Waals surface area contributed by atoms with Crippen LogP contribution in [0.15, 0.2) is 48.2 Å². The highest BCUT2D eigenvalue weighted by Gasteiger charge is 2.33. The Morgan fingerprint density at radius 3 is 2.83 bits per heavy atom. The minimum atomic E-state index is -0.274. The van der Waals surface area contributed by atoms with E-state index in [4.69, 9.17) is 33.3 Å². The summed E-state index contributed by atoms with van der Waals surface area (Å²) >= 11 is 11.5. The second-order valence-corrected chi connectivity index (χ2v) is 5.96. The molecule has 0 unspecified atom stereocenters. The minimum absolute atomic E-state index is 0.168. The van der Waals surface area contributed by atoms with Crippen molar-refractivity contribution in [1.82, 2.24) is 5.32 Å². The third-order valence-corrected chi connectivity index (χ3v) is 4.30. The number of nitrogens with one attached hydrogen (secondary N) is 1. The normalized spacial score (nSPS) is 17.5. The molecule has 1 N–H and O–H groups in total. The zero-order chi connectivity index (χ0) is 16.7. The van der Waals surface area contributed by atoms with E-state index in [1.165, 1.54) is 4.90 Å². The predicted octanol–water partition coefficient (Wildman–Crippen LogP) is 3.33. The van der Waals surface area contributed by atoms with Crippen LogP contribution in [0.25, 0.3) is 6.08 Å². The summed E-state index contributed by atoms with van der Waals surface area (Å²) in [5.74, 6) is 0.992. The summed E-state index contributed by atoms with van der Waals surface area (Å²) in [6.45, 7) is 0.168. The summed E-state index contributed by atoms with van der Waals surface area (Å²) in [7, 11) is 0. The van der Waals surface area contributed by atoms with Gasteiger partial charge in [0.1, 0.15) is 5.70 Å². The number of carbonyl (C=O) groups excluding carboxylic acids is 1. The lowest BCUT2D eigenvalue weighted by molar-refractivity contribution is -0.113. The van der Waals surface area contributed by atoms with Gasteiger partial charge in [0.15, 0.2) is 16.6 Å². The summed E-state index contributed by atoms with van der Waals surface area (Å²) in [4.78, 5) is 14.1. The largest absolute Gasteiger partial charge is 0.454 e. The number of nitrogens with zero attached hydrogens (tertiary/aromatic N) is 1. The third kappa shape index (κ3) is 2.40. The van der Waals surface area contributed by atoms with Crippen LogP contribution in [0.2, 0.25) is 5.02 Å². The summed E-state index contributed by atoms with van der Waals surface area (Å²) in [5.41, 5.74) is 1.64. The molecule has 5 nitrogen and oxygen atoms in total. The first-order valence-corrected chi connectivity index (χ1v) is 7.94. The highest BCUT2D eigenvalue weighted by atomic mass is 35.5. The molecule has 0 saturated carbocycles. The Morgan fingerprint density at radius 2 is 2.00 bits per heavy atom. The number of halogens is 1. The SMILES string of the molecule is O=C1C(=Cc2cccc3c2OCO3)NC(=S)N1c1ccccc1Cl. The average Bonchev–Trinajstić information content (AvgIpc) is 3.15. The predicted molar refractivity (Wildman–Crippen MR) is 95.2 cm³/mol. The molecule has 0 spiro atoms. The second kappa shape index (κ2) is 5.81. The van der Waals surface area contributed by atoms with E-state index in [1.807, 2.05) is 18.2 Å². The molecule has 7 heteroatoms. The molecule has 2 aromatic carbocycles. The van der Waals surface area contributed by atoms with Crippen molar-refractivity contribution in [2.24, 2.45) is 0 Å². The fourth-order valence-electron chi connectivity index (χ4n) is 2.61. The number of amides is 1. The number of benzene rings is 2. The molecule has 24 heavy (non-hydrogen) atoms. The van der Waals surface area contributed by atoms with Gasteiger partial charge in [0, 0.05) is 5.56 Å². The Labute approximate surface area is 148 Å². The molecule has 2 aromatic rings. The molecule has 2 aliphatic rings. The summed E-state index contributed by atoms with van der Waals surface area (Å²) in [5, 5.41) is 3.67. The van der Waals surface area contributed by atoms with Crippen LogP contribution in [0, 0.1) is 0 Å². The van der Waals surface area contributed by atoms with Gasteiger partial charge in [-0.3, -0.25) is 9.69 Å². The molecule has 0 radical (unpaired) electrons. The first-order valence-electron chi connectivity index (χ1n) is 7.15. The smallest absolute Gasteiger partial charge is 0.281 e. The Hall–Kier alpha value is -2.57. The van der Waals surface area contributed by atoms with Crippen molar-refractivity contribution in [2.75, 3.05) is 11.7 Å². The molecular weight excluding hydrogens is 348 g/mol. The maximum Gasteiger partial charge on any atom is 0.281 e. The molecule has 1 saturated heterocycles. The Bertz CT molecular complexity index is 897. The number of hydrogen-bond acceptors (Lipinski definition) is 4. The molecule has 4 rings (SSSR count). The number of thiocarbonyl (C=S) groups is 1. The Balaban J connectivity index is 1.72. The van der Waals surface area contributed by atoms with Crippen LogP contribution in [0.5, 0.6) is 11.5 Å². The molecular formula is C17H11ClN2O3S. The van der Waals surface area contributed by atoms with Crippen LogP contribution < -0.4 is 19.7 Å². The lowest BCUT2D eigenvalue weighted by Crippen LogP contribution is -2.30. The molecule has 1 fully saturated rings. The van der Waals surface area contributed by atoms with Gasteiger partial charge in [-0.25, -0.2) is 0 Å². The van der Waals surface area contributed by atoms with E-state index >= 15 is 0 Å². The molecule has 0 bridgehead atoms.